The Labute approximate surface area is 338 Å². The van der Waals surface area contributed by atoms with E-state index in [0.717, 1.165) is 73.2 Å². The average molecular weight is 747 g/mol. The van der Waals surface area contributed by atoms with E-state index in [9.17, 15) is 0 Å². The van der Waals surface area contributed by atoms with Gasteiger partial charge in [-0.15, -0.1) is 0 Å². The highest BCUT2D eigenvalue weighted by atomic mass is 15.1. The van der Waals surface area contributed by atoms with Crippen LogP contribution in [0.2, 0.25) is 0 Å². The molecular weight excluding hydrogens is 709 g/mol. The summed E-state index contributed by atoms with van der Waals surface area (Å²) in [6.07, 6.45) is 9.77. The predicted octanol–water partition coefficient (Wildman–Crippen LogP) is 11.7. The van der Waals surface area contributed by atoms with E-state index in [1.54, 1.807) is 12.4 Å². The van der Waals surface area contributed by atoms with Gasteiger partial charge < -0.3 is 5.32 Å². The summed E-state index contributed by atoms with van der Waals surface area (Å²) in [5.41, 5.74) is 15.4. The van der Waals surface area contributed by atoms with Gasteiger partial charge in [-0.3, -0.25) is 15.0 Å². The fraction of sp³-hybridized carbons (Fsp3) is 0.0577. The number of pyridine rings is 3. The van der Waals surface area contributed by atoms with Crippen LogP contribution in [0.4, 0.5) is 5.69 Å². The highest BCUT2D eigenvalue weighted by Crippen LogP contribution is 2.39. The maximum absolute atomic E-state index is 5.36. The van der Waals surface area contributed by atoms with Crippen LogP contribution >= 0.6 is 0 Å². The molecule has 276 valence electrons. The van der Waals surface area contributed by atoms with Gasteiger partial charge in [0.2, 0.25) is 0 Å². The minimum absolute atomic E-state index is 0.0635. The van der Waals surface area contributed by atoms with Gasteiger partial charge >= 0.3 is 0 Å². The fourth-order valence-corrected chi connectivity index (χ4v) is 7.83. The molecule has 6 heteroatoms. The van der Waals surface area contributed by atoms with Crippen LogP contribution in [0.5, 0.6) is 0 Å². The molecule has 8 aromatic rings. The number of rotatable bonds is 8. The molecule has 2 atom stereocenters. The Morgan fingerprint density at radius 2 is 1.07 bits per heavy atom. The molecule has 0 amide bonds. The lowest BCUT2D eigenvalue weighted by atomic mass is 9.89. The van der Waals surface area contributed by atoms with Crippen molar-refractivity contribution in [2.75, 3.05) is 6.54 Å². The molecule has 0 radical (unpaired) electrons. The molecule has 2 aliphatic rings. The van der Waals surface area contributed by atoms with Crippen molar-refractivity contribution >= 4 is 17.7 Å². The summed E-state index contributed by atoms with van der Waals surface area (Å²) in [7, 11) is 0. The second-order valence-electron chi connectivity index (χ2n) is 14.6. The third-order valence-electron chi connectivity index (χ3n) is 10.8. The molecule has 0 spiro atoms. The van der Waals surface area contributed by atoms with Crippen molar-refractivity contribution < 1.29 is 0 Å². The van der Waals surface area contributed by atoms with Crippen molar-refractivity contribution in [1.82, 2.24) is 20.3 Å². The lowest BCUT2D eigenvalue weighted by Crippen LogP contribution is -2.33. The Bertz CT molecular complexity index is 2760. The van der Waals surface area contributed by atoms with Crippen molar-refractivity contribution in [3.05, 3.63) is 217 Å². The molecule has 3 aromatic heterocycles. The Hall–Kier alpha value is -7.57. The summed E-state index contributed by atoms with van der Waals surface area (Å²) in [5, 5.41) is 3.86. The van der Waals surface area contributed by atoms with Crippen molar-refractivity contribution in [1.29, 1.82) is 0 Å². The molecule has 5 aromatic carbocycles. The first kappa shape index (κ1) is 34.9. The quantitative estimate of drug-likeness (QED) is 0.168. The SMILES string of the molecule is C1=CC(c2cc(C3=Nc4cc(-c5ccccc5)ccc4C(c4ccccc4)N3)cc(-c3ccc(-c4cc(-c5ccccn5)nc(-c5ccccn5)c4)cc3)c2)CN=C1. The number of aromatic nitrogens is 3. The van der Waals surface area contributed by atoms with Gasteiger partial charge in [0.25, 0.3) is 0 Å². The lowest BCUT2D eigenvalue weighted by Gasteiger charge is -2.29. The average Bonchev–Trinajstić information content (AvgIpc) is 3.32. The highest BCUT2D eigenvalue weighted by molar-refractivity contribution is 6.03. The Morgan fingerprint density at radius 3 is 1.71 bits per heavy atom. The van der Waals surface area contributed by atoms with Gasteiger partial charge in [0.05, 0.1) is 34.5 Å². The number of allylic oxidation sites excluding steroid dienone is 1. The molecule has 2 unspecified atom stereocenters. The maximum Gasteiger partial charge on any atom is 0.134 e. The van der Waals surface area contributed by atoms with Crippen LogP contribution in [0.15, 0.2) is 204 Å². The normalized spacial score (nSPS) is 15.6. The van der Waals surface area contributed by atoms with Gasteiger partial charge in [-0.05, 0) is 105 Å². The first-order valence-corrected chi connectivity index (χ1v) is 19.6. The van der Waals surface area contributed by atoms with Crippen LogP contribution in [0.25, 0.3) is 56.2 Å². The van der Waals surface area contributed by atoms with E-state index in [2.05, 4.69) is 160 Å². The number of hydrogen-bond acceptors (Lipinski definition) is 6. The topological polar surface area (TPSA) is 75.4 Å². The molecule has 6 nitrogen and oxygen atoms in total. The van der Waals surface area contributed by atoms with Crippen molar-refractivity contribution in [3.8, 4) is 56.2 Å². The van der Waals surface area contributed by atoms with Gasteiger partial charge in [0, 0.05) is 42.2 Å². The van der Waals surface area contributed by atoms with Crippen LogP contribution in [-0.2, 0) is 0 Å². The van der Waals surface area contributed by atoms with Crippen LogP contribution < -0.4 is 5.32 Å². The Kier molecular flexibility index (Phi) is 9.34. The third kappa shape index (κ3) is 7.15. The van der Waals surface area contributed by atoms with E-state index in [0.29, 0.717) is 6.54 Å². The molecule has 2 aliphatic heterocycles. The molecule has 1 N–H and O–H groups in total. The highest BCUT2D eigenvalue weighted by Gasteiger charge is 2.26. The summed E-state index contributed by atoms with van der Waals surface area (Å²) in [5.74, 6) is 0.997. The standard InChI is InChI=1S/C52H38N6/c1-3-12-35(13-4-1)39-23-24-45-48(31-39)57-52(58-51(45)38-14-5-2-6-15-38)44-29-41(28-42(30-44)40-16-11-25-53-34-40)36-19-21-37(22-20-36)43-32-49(46-17-7-9-26-54-46)56-50(33-43)47-18-8-10-27-55-47/h1-33,40,51H,34H2,(H,57,58). The monoisotopic (exact) mass is 746 g/mol. The van der Waals surface area contributed by atoms with Gasteiger partial charge in [-0.25, -0.2) is 9.98 Å². The fourth-order valence-electron chi connectivity index (χ4n) is 7.83. The van der Waals surface area contributed by atoms with Crippen molar-refractivity contribution in [2.24, 2.45) is 9.98 Å². The first-order chi connectivity index (χ1) is 28.7. The van der Waals surface area contributed by atoms with Gasteiger partial charge in [-0.2, -0.15) is 0 Å². The first-order valence-electron chi connectivity index (χ1n) is 19.6. The number of fused-ring (bicyclic) bond motifs is 1. The third-order valence-corrected chi connectivity index (χ3v) is 10.8. The van der Waals surface area contributed by atoms with Gasteiger partial charge in [0.1, 0.15) is 5.84 Å². The van der Waals surface area contributed by atoms with Crippen LogP contribution in [-0.4, -0.2) is 33.5 Å². The largest absolute Gasteiger partial charge is 0.359 e. The zero-order chi connectivity index (χ0) is 38.7. The van der Waals surface area contributed by atoms with Gasteiger partial charge in [0.15, 0.2) is 0 Å². The van der Waals surface area contributed by atoms with Crippen LogP contribution in [0.1, 0.15) is 34.2 Å². The number of hydrogen-bond donors (Lipinski definition) is 1. The second kappa shape index (κ2) is 15.5. The van der Waals surface area contributed by atoms with E-state index >= 15 is 0 Å². The molecule has 0 bridgehead atoms. The molecule has 10 rings (SSSR count). The lowest BCUT2D eigenvalue weighted by molar-refractivity contribution is 0.749. The summed E-state index contributed by atoms with van der Waals surface area (Å²) in [4.78, 5) is 24.2. The number of amidine groups is 1. The van der Waals surface area contributed by atoms with Gasteiger partial charge in [-0.1, -0.05) is 121 Å². The molecule has 0 aliphatic carbocycles. The number of dihydropyridines is 1. The Balaban J connectivity index is 1.06. The summed E-state index contributed by atoms with van der Waals surface area (Å²) in [6.45, 7) is 0.702. The van der Waals surface area contributed by atoms with E-state index < -0.39 is 0 Å². The van der Waals surface area contributed by atoms with Crippen LogP contribution in [0.3, 0.4) is 0 Å². The van der Waals surface area contributed by atoms with Crippen molar-refractivity contribution in [3.63, 3.8) is 0 Å². The summed E-state index contributed by atoms with van der Waals surface area (Å²) < 4.78 is 0. The Morgan fingerprint density at radius 1 is 0.466 bits per heavy atom. The van der Waals surface area contributed by atoms with E-state index in [-0.39, 0.29) is 12.0 Å². The molecule has 5 heterocycles. The molecular formula is C52H38N6. The number of nitrogens with one attached hydrogen (secondary N) is 1. The summed E-state index contributed by atoms with van der Waals surface area (Å²) in [6, 6.07) is 59.4. The minimum Gasteiger partial charge on any atom is -0.359 e. The van der Waals surface area contributed by atoms with E-state index in [1.807, 2.05) is 48.7 Å². The molecule has 0 saturated carbocycles. The number of nitrogens with zero attached hydrogens (tertiary/aromatic N) is 5. The maximum atomic E-state index is 5.36. The zero-order valence-electron chi connectivity index (χ0n) is 31.7. The van der Waals surface area contributed by atoms with Crippen LogP contribution in [0, 0.1) is 0 Å². The number of aliphatic imine (C=N–C) groups is 2. The van der Waals surface area contributed by atoms with Crippen molar-refractivity contribution in [2.45, 2.75) is 12.0 Å². The smallest absolute Gasteiger partial charge is 0.134 e. The zero-order valence-corrected chi connectivity index (χ0v) is 31.7. The molecule has 0 saturated heterocycles. The predicted molar refractivity (Wildman–Crippen MR) is 236 cm³/mol. The van der Waals surface area contributed by atoms with E-state index in [4.69, 9.17) is 9.98 Å². The van der Waals surface area contributed by atoms with E-state index in [1.165, 1.54) is 16.7 Å². The molecule has 58 heavy (non-hydrogen) atoms. The second-order valence-corrected chi connectivity index (χ2v) is 14.6. The molecule has 0 fully saturated rings. The summed E-state index contributed by atoms with van der Waals surface area (Å²) >= 11 is 0. The number of benzene rings is 5. The minimum atomic E-state index is -0.0635.